The van der Waals surface area contributed by atoms with Gasteiger partial charge in [-0.15, -0.1) is 0 Å². The largest absolute Gasteiger partial charge is 0.309 e. The van der Waals surface area contributed by atoms with Crippen LogP contribution in [0, 0.1) is 6.92 Å². The second-order valence-electron chi connectivity index (χ2n) is 15.8. The lowest BCUT2D eigenvalue weighted by Crippen LogP contribution is -1.98. The summed E-state index contributed by atoms with van der Waals surface area (Å²) in [6.07, 6.45) is 0.779. The summed E-state index contributed by atoms with van der Waals surface area (Å²) in [4.78, 5) is 10.4. The van der Waals surface area contributed by atoms with Crippen LogP contribution >= 0.6 is 0 Å². The van der Waals surface area contributed by atoms with Crippen molar-refractivity contribution in [1.29, 1.82) is 0 Å². The molecule has 0 N–H and O–H groups in total. The van der Waals surface area contributed by atoms with Gasteiger partial charge in [-0.2, -0.15) is 0 Å². The van der Waals surface area contributed by atoms with Crippen molar-refractivity contribution in [2.24, 2.45) is 0 Å². The van der Waals surface area contributed by atoms with Crippen LogP contribution in [0.25, 0.3) is 94.4 Å². The first-order chi connectivity index (χ1) is 30.2. The van der Waals surface area contributed by atoms with Gasteiger partial charge in [0.1, 0.15) is 0 Å². The number of nitrogens with zero attached hydrogens (tertiary/aromatic N) is 3. The maximum absolute atomic E-state index is 5.18. The predicted molar refractivity (Wildman–Crippen MR) is 255 cm³/mol. The Kier molecular flexibility index (Phi) is 9.13. The lowest BCUT2D eigenvalue weighted by Gasteiger charge is -2.16. The molecule has 2 heterocycles. The van der Waals surface area contributed by atoms with Gasteiger partial charge in [0, 0.05) is 33.2 Å². The Labute approximate surface area is 355 Å². The number of para-hydroxylation sites is 1. The average Bonchev–Trinajstić information content (AvgIpc) is 3.67. The van der Waals surface area contributed by atoms with E-state index in [0.717, 1.165) is 51.4 Å². The van der Waals surface area contributed by atoms with Crippen molar-refractivity contribution in [2.75, 3.05) is 0 Å². The third-order valence-electron chi connectivity index (χ3n) is 12.0. The van der Waals surface area contributed by atoms with E-state index in [0.29, 0.717) is 0 Å². The summed E-state index contributed by atoms with van der Waals surface area (Å²) in [6, 6.07) is 78.2. The molecule has 0 spiro atoms. The van der Waals surface area contributed by atoms with Gasteiger partial charge in [-0.05, 0) is 93.4 Å². The van der Waals surface area contributed by atoms with Crippen molar-refractivity contribution >= 4 is 32.6 Å². The molecule has 288 valence electrons. The van der Waals surface area contributed by atoms with Gasteiger partial charge in [-0.3, -0.25) is 0 Å². The molecule has 9 aromatic carbocycles. The van der Waals surface area contributed by atoms with E-state index in [9.17, 15) is 0 Å². The maximum Gasteiger partial charge on any atom is 0.161 e. The van der Waals surface area contributed by atoms with Crippen LogP contribution in [0.5, 0.6) is 0 Å². The van der Waals surface area contributed by atoms with Gasteiger partial charge < -0.3 is 4.57 Å². The van der Waals surface area contributed by atoms with E-state index in [1.54, 1.807) is 0 Å². The summed E-state index contributed by atoms with van der Waals surface area (Å²) in [5, 5.41) is 4.82. The average molecular weight is 780 g/mol. The van der Waals surface area contributed by atoms with Crippen molar-refractivity contribution in [3.63, 3.8) is 0 Å². The monoisotopic (exact) mass is 779 g/mol. The Morgan fingerprint density at radius 1 is 0.426 bits per heavy atom. The van der Waals surface area contributed by atoms with E-state index in [1.165, 1.54) is 66.1 Å². The van der Waals surface area contributed by atoms with E-state index in [4.69, 9.17) is 9.97 Å². The number of aryl methyl sites for hydroxylation is 1. The fourth-order valence-corrected chi connectivity index (χ4v) is 9.08. The summed E-state index contributed by atoms with van der Waals surface area (Å²) >= 11 is 0. The molecular weight excluding hydrogens is 739 g/mol. The number of aromatic nitrogens is 3. The van der Waals surface area contributed by atoms with E-state index < -0.39 is 0 Å². The highest BCUT2D eigenvalue weighted by Gasteiger charge is 2.21. The Balaban J connectivity index is 1.05. The molecule has 11 rings (SSSR count). The fourth-order valence-electron chi connectivity index (χ4n) is 9.08. The Bertz CT molecular complexity index is 3330. The van der Waals surface area contributed by atoms with Gasteiger partial charge in [-0.1, -0.05) is 188 Å². The zero-order valence-corrected chi connectivity index (χ0v) is 33.8. The summed E-state index contributed by atoms with van der Waals surface area (Å²) < 4.78 is 2.44. The molecule has 11 aromatic rings. The second-order valence-corrected chi connectivity index (χ2v) is 15.8. The van der Waals surface area contributed by atoms with Gasteiger partial charge in [-0.25, -0.2) is 9.97 Å². The number of hydrogen-bond donors (Lipinski definition) is 0. The molecule has 0 aliphatic heterocycles. The van der Waals surface area contributed by atoms with Gasteiger partial charge in [0.2, 0.25) is 0 Å². The molecule has 3 heteroatoms. The number of benzene rings is 9. The van der Waals surface area contributed by atoms with Crippen LogP contribution < -0.4 is 0 Å². The molecular formula is C58H41N3. The van der Waals surface area contributed by atoms with Crippen LogP contribution in [-0.2, 0) is 6.42 Å². The first-order valence-electron chi connectivity index (χ1n) is 21.0. The summed E-state index contributed by atoms with van der Waals surface area (Å²) in [6.45, 7) is 2.23. The minimum atomic E-state index is 0.719. The van der Waals surface area contributed by atoms with Crippen LogP contribution in [0.4, 0.5) is 0 Å². The summed E-state index contributed by atoms with van der Waals surface area (Å²) in [7, 11) is 0. The van der Waals surface area contributed by atoms with E-state index in [1.807, 2.05) is 12.1 Å². The number of fused-ring (bicyclic) bond motifs is 4. The first-order valence-corrected chi connectivity index (χ1v) is 21.0. The minimum absolute atomic E-state index is 0.719. The molecule has 0 saturated carbocycles. The van der Waals surface area contributed by atoms with Gasteiger partial charge in [0.05, 0.1) is 22.4 Å². The lowest BCUT2D eigenvalue weighted by atomic mass is 9.88. The van der Waals surface area contributed by atoms with Crippen LogP contribution in [-0.4, -0.2) is 14.5 Å². The Hall–Kier alpha value is -7.88. The standard InChI is InChI=1S/C58H41N3/c1-39-17-11-12-27-48(39)56-46(32-34-55-57(56)51-28-13-14-30-54(51)61(55)47-26-15-24-44(37-47)41-18-5-2-6-19-41)36-40-31-33-49-45(35-40)25-16-29-50(49)58-59-52(42-20-7-3-8-21-42)38-53(60-58)43-22-9-4-10-23-43/h2-35,37-38H,36H2,1H3. The highest BCUT2D eigenvalue weighted by atomic mass is 15.0. The third kappa shape index (κ3) is 6.67. The van der Waals surface area contributed by atoms with E-state index >= 15 is 0 Å². The molecule has 0 radical (unpaired) electrons. The fraction of sp³-hybridized carbons (Fsp3) is 0.0345. The van der Waals surface area contributed by atoms with Crippen molar-refractivity contribution in [1.82, 2.24) is 14.5 Å². The van der Waals surface area contributed by atoms with Crippen molar-refractivity contribution in [3.8, 4) is 61.8 Å². The van der Waals surface area contributed by atoms with Crippen molar-refractivity contribution in [2.45, 2.75) is 13.3 Å². The molecule has 0 unspecified atom stereocenters. The van der Waals surface area contributed by atoms with Crippen LogP contribution in [0.2, 0.25) is 0 Å². The molecule has 2 aromatic heterocycles. The van der Waals surface area contributed by atoms with E-state index in [-0.39, 0.29) is 0 Å². The maximum atomic E-state index is 5.18. The normalized spacial score (nSPS) is 11.4. The number of rotatable bonds is 8. The van der Waals surface area contributed by atoms with E-state index in [2.05, 4.69) is 218 Å². The van der Waals surface area contributed by atoms with Crippen LogP contribution in [0.1, 0.15) is 16.7 Å². The molecule has 0 aliphatic rings. The molecule has 0 aliphatic carbocycles. The number of hydrogen-bond acceptors (Lipinski definition) is 2. The first kappa shape index (κ1) is 36.2. The van der Waals surface area contributed by atoms with Gasteiger partial charge >= 0.3 is 0 Å². The SMILES string of the molecule is Cc1ccccc1-c1c(Cc2ccc3c(-c4nc(-c5ccccc5)cc(-c5ccccc5)n4)cccc3c2)ccc2c1c1ccccc1n2-c1cccc(-c2ccccc2)c1. The summed E-state index contributed by atoms with van der Waals surface area (Å²) in [5.41, 5.74) is 17.3. The Morgan fingerprint density at radius 3 is 1.79 bits per heavy atom. The predicted octanol–water partition coefficient (Wildman–Crippen LogP) is 15.0. The zero-order valence-electron chi connectivity index (χ0n) is 33.8. The second kappa shape index (κ2) is 15.4. The molecule has 61 heavy (non-hydrogen) atoms. The topological polar surface area (TPSA) is 30.7 Å². The van der Waals surface area contributed by atoms with Crippen LogP contribution in [0.15, 0.2) is 218 Å². The highest BCUT2D eigenvalue weighted by molar-refractivity contribution is 6.16. The quantitative estimate of drug-likeness (QED) is 0.154. The summed E-state index contributed by atoms with van der Waals surface area (Å²) in [5.74, 6) is 0.719. The zero-order chi connectivity index (χ0) is 40.7. The molecule has 0 bridgehead atoms. The smallest absolute Gasteiger partial charge is 0.161 e. The van der Waals surface area contributed by atoms with Gasteiger partial charge in [0.15, 0.2) is 5.82 Å². The van der Waals surface area contributed by atoms with Gasteiger partial charge in [0.25, 0.3) is 0 Å². The molecule has 3 nitrogen and oxygen atoms in total. The highest BCUT2D eigenvalue weighted by Crippen LogP contribution is 2.43. The molecule has 0 fully saturated rings. The van der Waals surface area contributed by atoms with Crippen molar-refractivity contribution < 1.29 is 0 Å². The Morgan fingerprint density at radius 2 is 1.05 bits per heavy atom. The molecule has 0 saturated heterocycles. The lowest BCUT2D eigenvalue weighted by molar-refractivity contribution is 1.17. The van der Waals surface area contributed by atoms with Crippen molar-refractivity contribution in [3.05, 3.63) is 235 Å². The molecule has 0 atom stereocenters. The molecule has 0 amide bonds. The minimum Gasteiger partial charge on any atom is -0.309 e. The van der Waals surface area contributed by atoms with Crippen LogP contribution in [0.3, 0.4) is 0 Å². The third-order valence-corrected chi connectivity index (χ3v) is 12.0.